The lowest BCUT2D eigenvalue weighted by atomic mass is 10.0. The Morgan fingerprint density at radius 1 is 1.19 bits per heavy atom. The summed E-state index contributed by atoms with van der Waals surface area (Å²) in [6, 6.07) is 12.2. The van der Waals surface area contributed by atoms with Crippen molar-refractivity contribution in [2.24, 2.45) is 0 Å². The van der Waals surface area contributed by atoms with E-state index in [4.69, 9.17) is 0 Å². The van der Waals surface area contributed by atoms with Crippen LogP contribution >= 0.6 is 0 Å². The molecule has 3 heteroatoms. The first kappa shape index (κ1) is 16.5. The van der Waals surface area contributed by atoms with Gasteiger partial charge in [0, 0.05) is 31.7 Å². The highest BCUT2D eigenvalue weighted by Gasteiger charge is 2.18. The zero-order valence-corrected chi connectivity index (χ0v) is 13.9. The Kier molecular flexibility index (Phi) is 6.68. The molecule has 1 fully saturated rings. The van der Waals surface area contributed by atoms with E-state index in [9.17, 15) is 0 Å². The summed E-state index contributed by atoms with van der Waals surface area (Å²) < 4.78 is 0. The van der Waals surface area contributed by atoms with Crippen molar-refractivity contribution in [3.05, 3.63) is 35.9 Å². The smallest absolute Gasteiger partial charge is 0.0233 e. The summed E-state index contributed by atoms with van der Waals surface area (Å²) in [5, 5.41) is 3.72. The van der Waals surface area contributed by atoms with Gasteiger partial charge in [0.1, 0.15) is 0 Å². The Morgan fingerprint density at radius 3 is 2.48 bits per heavy atom. The van der Waals surface area contributed by atoms with Gasteiger partial charge in [-0.2, -0.15) is 0 Å². The Balaban J connectivity index is 1.62. The number of nitrogens with one attached hydrogen (secondary N) is 1. The third-order valence-corrected chi connectivity index (χ3v) is 4.62. The Hall–Kier alpha value is -0.900. The van der Waals surface area contributed by atoms with Crippen LogP contribution in [0, 0.1) is 0 Å². The Morgan fingerprint density at radius 2 is 1.86 bits per heavy atom. The van der Waals surface area contributed by atoms with Gasteiger partial charge in [0.2, 0.25) is 0 Å². The molecule has 0 aliphatic carbocycles. The minimum atomic E-state index is 0.638. The predicted molar refractivity (Wildman–Crippen MR) is 90.5 cm³/mol. The summed E-state index contributed by atoms with van der Waals surface area (Å²) in [6.07, 6.45) is 2.55. The molecule has 118 valence electrons. The zero-order chi connectivity index (χ0) is 15.1. The molecular formula is C18H31N3. The summed E-state index contributed by atoms with van der Waals surface area (Å²) in [4.78, 5) is 4.98. The first-order chi connectivity index (χ1) is 10.1. The molecule has 0 saturated carbocycles. The van der Waals surface area contributed by atoms with Crippen LogP contribution in [0.25, 0.3) is 0 Å². The van der Waals surface area contributed by atoms with Gasteiger partial charge in [0.05, 0.1) is 0 Å². The number of hydrogen-bond acceptors (Lipinski definition) is 3. The van der Waals surface area contributed by atoms with Crippen molar-refractivity contribution in [2.45, 2.75) is 45.3 Å². The third-order valence-electron chi connectivity index (χ3n) is 4.62. The molecular weight excluding hydrogens is 258 g/mol. The van der Waals surface area contributed by atoms with Crippen LogP contribution < -0.4 is 5.32 Å². The molecule has 0 amide bonds. The molecule has 0 bridgehead atoms. The number of nitrogens with zero attached hydrogens (tertiary/aromatic N) is 2. The van der Waals surface area contributed by atoms with Gasteiger partial charge in [-0.25, -0.2) is 0 Å². The molecule has 1 aliphatic heterocycles. The van der Waals surface area contributed by atoms with Gasteiger partial charge < -0.3 is 10.2 Å². The molecule has 0 atom stereocenters. The second-order valence-corrected chi connectivity index (χ2v) is 6.56. The second-order valence-electron chi connectivity index (χ2n) is 6.56. The minimum Gasteiger partial charge on any atom is -0.313 e. The van der Waals surface area contributed by atoms with Crippen molar-refractivity contribution in [3.8, 4) is 0 Å². The van der Waals surface area contributed by atoms with E-state index in [-0.39, 0.29) is 0 Å². The molecule has 0 radical (unpaired) electrons. The highest BCUT2D eigenvalue weighted by molar-refractivity contribution is 5.14. The lowest BCUT2D eigenvalue weighted by Gasteiger charge is -2.33. The van der Waals surface area contributed by atoms with E-state index in [0.717, 1.165) is 19.6 Å². The van der Waals surface area contributed by atoms with Gasteiger partial charge in [0.25, 0.3) is 0 Å². The van der Waals surface area contributed by atoms with Gasteiger partial charge in [-0.3, -0.25) is 4.90 Å². The maximum Gasteiger partial charge on any atom is 0.0233 e. The molecule has 0 spiro atoms. The molecule has 0 unspecified atom stereocenters. The number of benzene rings is 1. The van der Waals surface area contributed by atoms with Crippen LogP contribution in [0.3, 0.4) is 0 Å². The van der Waals surface area contributed by atoms with Crippen LogP contribution in [0.4, 0.5) is 0 Å². The van der Waals surface area contributed by atoms with E-state index < -0.39 is 0 Å². The van der Waals surface area contributed by atoms with Crippen LogP contribution in [0.5, 0.6) is 0 Å². The summed E-state index contributed by atoms with van der Waals surface area (Å²) in [5.74, 6) is 0. The van der Waals surface area contributed by atoms with E-state index in [0.29, 0.717) is 12.1 Å². The number of rotatable bonds is 7. The van der Waals surface area contributed by atoms with E-state index in [1.165, 1.54) is 31.5 Å². The molecule has 1 heterocycles. The second kappa shape index (κ2) is 8.52. The topological polar surface area (TPSA) is 18.5 Å². The normalized spacial score (nSPS) is 17.8. The van der Waals surface area contributed by atoms with Crippen LogP contribution in [-0.2, 0) is 6.54 Å². The zero-order valence-electron chi connectivity index (χ0n) is 13.9. The highest BCUT2D eigenvalue weighted by atomic mass is 15.2. The van der Waals surface area contributed by atoms with E-state index >= 15 is 0 Å². The quantitative estimate of drug-likeness (QED) is 0.832. The monoisotopic (exact) mass is 289 g/mol. The van der Waals surface area contributed by atoms with Gasteiger partial charge in [-0.05, 0) is 52.4 Å². The number of likely N-dealkylation sites (tertiary alicyclic amines) is 1. The molecule has 0 aromatic heterocycles. The molecule has 3 nitrogen and oxygen atoms in total. The first-order valence-corrected chi connectivity index (χ1v) is 8.35. The summed E-state index contributed by atoms with van der Waals surface area (Å²) in [5.41, 5.74) is 1.43. The van der Waals surface area contributed by atoms with Crippen molar-refractivity contribution in [1.29, 1.82) is 0 Å². The molecule has 1 aromatic carbocycles. The lowest BCUT2D eigenvalue weighted by molar-refractivity contribution is 0.186. The van der Waals surface area contributed by atoms with Crippen LogP contribution in [0.15, 0.2) is 30.3 Å². The first-order valence-electron chi connectivity index (χ1n) is 8.35. The van der Waals surface area contributed by atoms with Crippen molar-refractivity contribution in [1.82, 2.24) is 15.1 Å². The van der Waals surface area contributed by atoms with E-state index in [1.54, 1.807) is 0 Å². The third kappa shape index (κ3) is 5.77. The van der Waals surface area contributed by atoms with Gasteiger partial charge in [0.15, 0.2) is 0 Å². The fraction of sp³-hybridized carbons (Fsp3) is 0.667. The Labute approximate surface area is 130 Å². The SMILES string of the molecule is CC(C)N(C)CCNC1CCN(Cc2ccccc2)CC1. The molecule has 1 aromatic rings. The molecule has 21 heavy (non-hydrogen) atoms. The van der Waals surface area contributed by atoms with Crippen LogP contribution in [0.1, 0.15) is 32.3 Å². The number of hydrogen-bond donors (Lipinski definition) is 1. The summed E-state index contributed by atoms with van der Waals surface area (Å²) in [7, 11) is 2.20. The average molecular weight is 289 g/mol. The average Bonchev–Trinajstić information content (AvgIpc) is 2.50. The lowest BCUT2D eigenvalue weighted by Crippen LogP contribution is -2.44. The van der Waals surface area contributed by atoms with Gasteiger partial charge in [-0.1, -0.05) is 30.3 Å². The predicted octanol–water partition coefficient (Wildman–Crippen LogP) is 2.58. The fourth-order valence-corrected chi connectivity index (χ4v) is 2.84. The van der Waals surface area contributed by atoms with Gasteiger partial charge >= 0.3 is 0 Å². The fourth-order valence-electron chi connectivity index (χ4n) is 2.84. The Bertz CT molecular complexity index is 383. The largest absolute Gasteiger partial charge is 0.313 e. The minimum absolute atomic E-state index is 0.638. The molecule has 2 rings (SSSR count). The standard InChI is InChI=1S/C18H31N3/c1-16(2)20(3)14-11-19-18-9-12-21(13-10-18)15-17-7-5-4-6-8-17/h4-8,16,18-19H,9-15H2,1-3H3. The van der Waals surface area contributed by atoms with Crippen molar-refractivity contribution in [3.63, 3.8) is 0 Å². The van der Waals surface area contributed by atoms with E-state index in [2.05, 4.69) is 66.3 Å². The summed E-state index contributed by atoms with van der Waals surface area (Å²) in [6.45, 7) is 10.3. The van der Waals surface area contributed by atoms with Crippen LogP contribution in [-0.4, -0.2) is 55.1 Å². The molecule has 1 aliphatic rings. The van der Waals surface area contributed by atoms with Gasteiger partial charge in [-0.15, -0.1) is 0 Å². The number of likely N-dealkylation sites (N-methyl/N-ethyl adjacent to an activating group) is 1. The van der Waals surface area contributed by atoms with Crippen molar-refractivity contribution in [2.75, 3.05) is 33.2 Å². The maximum absolute atomic E-state index is 3.72. The van der Waals surface area contributed by atoms with Crippen molar-refractivity contribution < 1.29 is 0 Å². The van der Waals surface area contributed by atoms with Crippen molar-refractivity contribution >= 4 is 0 Å². The molecule has 1 saturated heterocycles. The number of piperidine rings is 1. The molecule has 1 N–H and O–H groups in total. The highest BCUT2D eigenvalue weighted by Crippen LogP contribution is 2.13. The van der Waals surface area contributed by atoms with E-state index in [1.807, 2.05) is 0 Å². The maximum atomic E-state index is 3.72. The summed E-state index contributed by atoms with van der Waals surface area (Å²) >= 11 is 0. The van der Waals surface area contributed by atoms with Crippen LogP contribution in [0.2, 0.25) is 0 Å².